The Morgan fingerprint density at radius 1 is 1.50 bits per heavy atom. The zero-order chi connectivity index (χ0) is 12.3. The van der Waals surface area contributed by atoms with Crippen molar-refractivity contribution in [3.63, 3.8) is 0 Å². The van der Waals surface area contributed by atoms with Gasteiger partial charge in [0.2, 0.25) is 0 Å². The van der Waals surface area contributed by atoms with Crippen molar-refractivity contribution in [2.24, 2.45) is 5.73 Å². The number of methoxy groups -OCH3 is 1. The third kappa shape index (κ3) is 2.36. The van der Waals surface area contributed by atoms with E-state index in [1.165, 1.54) is 25.3 Å². The zero-order valence-corrected chi connectivity index (χ0v) is 9.09. The van der Waals surface area contributed by atoms with E-state index in [9.17, 15) is 13.6 Å². The van der Waals surface area contributed by atoms with Crippen LogP contribution in [0.15, 0.2) is 18.2 Å². The Hall–Kier alpha value is -1.49. The van der Waals surface area contributed by atoms with Crippen molar-refractivity contribution in [3.05, 3.63) is 29.3 Å². The summed E-state index contributed by atoms with van der Waals surface area (Å²) in [4.78, 5) is 11.4. The van der Waals surface area contributed by atoms with E-state index in [-0.39, 0.29) is 17.9 Å². The van der Waals surface area contributed by atoms with Crippen LogP contribution in [0.4, 0.5) is 8.78 Å². The number of Topliss-reactive ketones (excluding diaryl/α,β-unsaturated/α-hetero) is 1. The Morgan fingerprint density at radius 3 is 2.56 bits per heavy atom. The number of rotatable bonds is 4. The summed E-state index contributed by atoms with van der Waals surface area (Å²) in [5.41, 5.74) is 4.67. The van der Waals surface area contributed by atoms with Crippen molar-refractivity contribution in [2.75, 3.05) is 13.7 Å². The minimum absolute atomic E-state index is 0.00759. The van der Waals surface area contributed by atoms with E-state index in [1.807, 2.05) is 0 Å². The molecule has 2 N–H and O–H groups in total. The Balaban J connectivity index is 3.44. The van der Waals surface area contributed by atoms with Gasteiger partial charge in [0.25, 0.3) is 5.92 Å². The van der Waals surface area contributed by atoms with Gasteiger partial charge in [0, 0.05) is 12.5 Å². The molecule has 0 heterocycles. The molecule has 1 aromatic carbocycles. The van der Waals surface area contributed by atoms with Gasteiger partial charge in [0.1, 0.15) is 5.75 Å². The van der Waals surface area contributed by atoms with Gasteiger partial charge in [-0.05, 0) is 6.07 Å². The Bertz CT molecular complexity index is 399. The van der Waals surface area contributed by atoms with Crippen LogP contribution in [0.25, 0.3) is 0 Å². The molecule has 16 heavy (non-hydrogen) atoms. The predicted molar refractivity (Wildman–Crippen MR) is 55.9 cm³/mol. The highest BCUT2D eigenvalue weighted by atomic mass is 19.3. The fourth-order valence-electron chi connectivity index (χ4n) is 1.50. The Labute approximate surface area is 92.2 Å². The molecule has 0 radical (unpaired) electrons. The molecule has 0 aliphatic carbocycles. The van der Waals surface area contributed by atoms with Gasteiger partial charge in [-0.25, -0.2) is 8.78 Å². The maximum absolute atomic E-state index is 13.4. The lowest BCUT2D eigenvalue weighted by molar-refractivity contribution is 0.0141. The van der Waals surface area contributed by atoms with Gasteiger partial charge in [-0.15, -0.1) is 0 Å². The summed E-state index contributed by atoms with van der Waals surface area (Å²) in [6.07, 6.45) is 0. The minimum atomic E-state index is -3.15. The molecule has 0 bridgehead atoms. The molecule has 0 saturated heterocycles. The number of hydrogen-bond donors (Lipinski definition) is 1. The number of hydrogen-bond acceptors (Lipinski definition) is 3. The number of benzene rings is 1. The molecule has 5 heteroatoms. The number of carbonyl (C=O) groups excluding carboxylic acids is 1. The third-order valence-corrected chi connectivity index (χ3v) is 2.17. The summed E-state index contributed by atoms with van der Waals surface area (Å²) in [6.45, 7) is 0.411. The van der Waals surface area contributed by atoms with E-state index in [0.717, 1.165) is 6.92 Å². The lowest BCUT2D eigenvalue weighted by Gasteiger charge is -2.18. The van der Waals surface area contributed by atoms with E-state index in [2.05, 4.69) is 0 Å². The first-order chi connectivity index (χ1) is 7.41. The summed E-state index contributed by atoms with van der Waals surface area (Å²) in [5, 5.41) is 0. The van der Waals surface area contributed by atoms with Crippen LogP contribution in [0.2, 0.25) is 0 Å². The zero-order valence-electron chi connectivity index (χ0n) is 9.09. The summed E-state index contributed by atoms with van der Waals surface area (Å²) in [7, 11) is 1.28. The van der Waals surface area contributed by atoms with Crippen molar-refractivity contribution in [1.82, 2.24) is 0 Å². The molecule has 0 aromatic heterocycles. The van der Waals surface area contributed by atoms with Crippen LogP contribution in [-0.2, 0) is 5.92 Å². The van der Waals surface area contributed by atoms with Crippen LogP contribution in [-0.4, -0.2) is 19.4 Å². The number of carbonyl (C=O) groups is 1. The summed E-state index contributed by atoms with van der Waals surface area (Å²) in [6, 6.07) is 4.20. The molecule has 0 spiro atoms. The highest BCUT2D eigenvalue weighted by molar-refractivity contribution is 5.99. The van der Waals surface area contributed by atoms with Gasteiger partial charge < -0.3 is 10.5 Å². The average Bonchev–Trinajstić information content (AvgIpc) is 2.25. The molecule has 0 fully saturated rings. The maximum Gasteiger partial charge on any atom is 0.274 e. The van der Waals surface area contributed by atoms with Gasteiger partial charge in [0.15, 0.2) is 5.78 Å². The van der Waals surface area contributed by atoms with Crippen LogP contribution in [0, 0.1) is 0 Å². The molecule has 0 aliphatic heterocycles. The monoisotopic (exact) mass is 229 g/mol. The van der Waals surface area contributed by atoms with Crippen LogP contribution >= 0.6 is 0 Å². The second kappa shape index (κ2) is 4.57. The SMILES string of the molecule is COc1cccc(C(=O)CN)c1C(C)(F)F. The average molecular weight is 229 g/mol. The van der Waals surface area contributed by atoms with Crippen molar-refractivity contribution in [3.8, 4) is 5.75 Å². The highest BCUT2D eigenvalue weighted by Gasteiger charge is 2.33. The largest absolute Gasteiger partial charge is 0.496 e. The second-order valence-electron chi connectivity index (χ2n) is 3.40. The van der Waals surface area contributed by atoms with E-state index < -0.39 is 17.3 Å². The van der Waals surface area contributed by atoms with Crippen molar-refractivity contribution < 1.29 is 18.3 Å². The van der Waals surface area contributed by atoms with Crippen LogP contribution in [0.1, 0.15) is 22.8 Å². The summed E-state index contributed by atoms with van der Waals surface area (Å²) < 4.78 is 31.6. The Kier molecular flexibility index (Phi) is 3.59. The van der Waals surface area contributed by atoms with Crippen molar-refractivity contribution in [2.45, 2.75) is 12.8 Å². The first-order valence-corrected chi connectivity index (χ1v) is 4.70. The van der Waals surface area contributed by atoms with Gasteiger partial charge in [-0.3, -0.25) is 4.79 Å². The fraction of sp³-hybridized carbons (Fsp3) is 0.364. The number of nitrogens with two attached hydrogens (primary N) is 1. The summed E-state index contributed by atoms with van der Waals surface area (Å²) in [5.74, 6) is -3.69. The molecular formula is C11H13F2NO2. The van der Waals surface area contributed by atoms with E-state index >= 15 is 0 Å². The predicted octanol–water partition coefficient (Wildman–Crippen LogP) is 1.95. The van der Waals surface area contributed by atoms with Gasteiger partial charge in [0.05, 0.1) is 19.2 Å². The molecule has 1 aromatic rings. The lowest BCUT2D eigenvalue weighted by Crippen LogP contribution is -2.20. The Morgan fingerprint density at radius 2 is 2.12 bits per heavy atom. The molecule has 0 unspecified atom stereocenters. The van der Waals surface area contributed by atoms with E-state index in [4.69, 9.17) is 10.5 Å². The molecule has 0 atom stereocenters. The van der Waals surface area contributed by atoms with Crippen LogP contribution < -0.4 is 10.5 Å². The molecule has 3 nitrogen and oxygen atoms in total. The van der Waals surface area contributed by atoms with E-state index in [1.54, 1.807) is 0 Å². The number of ketones is 1. The first-order valence-electron chi connectivity index (χ1n) is 4.70. The van der Waals surface area contributed by atoms with Crippen LogP contribution in [0.3, 0.4) is 0 Å². The third-order valence-electron chi connectivity index (χ3n) is 2.17. The smallest absolute Gasteiger partial charge is 0.274 e. The minimum Gasteiger partial charge on any atom is -0.496 e. The molecule has 0 amide bonds. The van der Waals surface area contributed by atoms with Gasteiger partial charge >= 0.3 is 0 Å². The first kappa shape index (κ1) is 12.6. The molecular weight excluding hydrogens is 216 g/mol. The number of alkyl halides is 2. The standard InChI is InChI=1S/C11H13F2NO2/c1-11(12,13)10-7(8(15)6-14)4-3-5-9(10)16-2/h3-5H,6,14H2,1-2H3. The van der Waals surface area contributed by atoms with Crippen molar-refractivity contribution >= 4 is 5.78 Å². The van der Waals surface area contributed by atoms with Crippen LogP contribution in [0.5, 0.6) is 5.75 Å². The summed E-state index contributed by atoms with van der Waals surface area (Å²) >= 11 is 0. The number of halogens is 2. The van der Waals surface area contributed by atoms with E-state index in [0.29, 0.717) is 0 Å². The lowest BCUT2D eigenvalue weighted by atomic mass is 9.98. The second-order valence-corrected chi connectivity index (χ2v) is 3.40. The topological polar surface area (TPSA) is 52.3 Å². The molecule has 1 rings (SSSR count). The molecule has 88 valence electrons. The van der Waals surface area contributed by atoms with Crippen molar-refractivity contribution in [1.29, 1.82) is 0 Å². The number of ether oxygens (including phenoxy) is 1. The molecule has 0 aliphatic rings. The van der Waals surface area contributed by atoms with Gasteiger partial charge in [-0.2, -0.15) is 0 Å². The fourth-order valence-corrected chi connectivity index (χ4v) is 1.50. The van der Waals surface area contributed by atoms with Gasteiger partial charge in [-0.1, -0.05) is 12.1 Å². The molecule has 0 saturated carbocycles. The quantitative estimate of drug-likeness (QED) is 0.803. The highest BCUT2D eigenvalue weighted by Crippen LogP contribution is 2.37. The maximum atomic E-state index is 13.4. The normalized spacial score (nSPS) is 11.3.